The quantitative estimate of drug-likeness (QED) is 0.579. The molecular formula is C19H19ClN2OS2. The van der Waals surface area contributed by atoms with Gasteiger partial charge in [0.25, 0.3) is 0 Å². The van der Waals surface area contributed by atoms with Crippen LogP contribution in [0.1, 0.15) is 17.5 Å². The Morgan fingerprint density at radius 1 is 1.24 bits per heavy atom. The van der Waals surface area contributed by atoms with Gasteiger partial charge in [0, 0.05) is 29.1 Å². The van der Waals surface area contributed by atoms with Crippen LogP contribution in [0.15, 0.2) is 46.3 Å². The fourth-order valence-electron chi connectivity index (χ4n) is 2.63. The van der Waals surface area contributed by atoms with Crippen molar-refractivity contribution < 1.29 is 4.79 Å². The van der Waals surface area contributed by atoms with Gasteiger partial charge in [0.15, 0.2) is 4.80 Å². The Morgan fingerprint density at radius 3 is 2.68 bits per heavy atom. The number of aromatic nitrogens is 1. The number of halogens is 1. The number of thiazole rings is 1. The average molecular weight is 391 g/mol. The lowest BCUT2D eigenvalue weighted by Crippen LogP contribution is -2.13. The number of rotatable bonds is 4. The van der Waals surface area contributed by atoms with E-state index in [1.165, 1.54) is 21.8 Å². The molecule has 0 fully saturated rings. The van der Waals surface area contributed by atoms with Gasteiger partial charge in [0.05, 0.1) is 10.2 Å². The lowest BCUT2D eigenvalue weighted by Gasteiger charge is -2.01. The molecule has 0 radical (unpaired) electrons. The van der Waals surface area contributed by atoms with Crippen molar-refractivity contribution in [3.63, 3.8) is 0 Å². The van der Waals surface area contributed by atoms with E-state index in [1.54, 1.807) is 11.8 Å². The van der Waals surface area contributed by atoms with Crippen molar-refractivity contribution in [2.75, 3.05) is 5.75 Å². The molecule has 6 heteroatoms. The summed E-state index contributed by atoms with van der Waals surface area (Å²) in [6.45, 7) is 4.08. The Hall–Kier alpha value is -1.56. The highest BCUT2D eigenvalue weighted by Crippen LogP contribution is 2.25. The van der Waals surface area contributed by atoms with E-state index in [0.717, 1.165) is 21.5 Å². The van der Waals surface area contributed by atoms with Crippen molar-refractivity contribution in [1.29, 1.82) is 0 Å². The summed E-state index contributed by atoms with van der Waals surface area (Å²) in [5.41, 5.74) is 3.41. The summed E-state index contributed by atoms with van der Waals surface area (Å²) in [6, 6.07) is 12.2. The van der Waals surface area contributed by atoms with Crippen LogP contribution < -0.4 is 4.80 Å². The van der Waals surface area contributed by atoms with E-state index in [0.29, 0.717) is 16.2 Å². The molecule has 130 valence electrons. The minimum atomic E-state index is -0.0921. The monoisotopic (exact) mass is 390 g/mol. The van der Waals surface area contributed by atoms with Crippen molar-refractivity contribution in [3.8, 4) is 0 Å². The number of nitrogens with zero attached hydrogens (tertiary/aromatic N) is 2. The number of amides is 1. The molecule has 0 aliphatic heterocycles. The second kappa shape index (κ2) is 7.77. The summed E-state index contributed by atoms with van der Waals surface area (Å²) < 4.78 is 3.02. The molecule has 0 saturated carbocycles. The van der Waals surface area contributed by atoms with Gasteiger partial charge in [-0.25, -0.2) is 0 Å². The summed E-state index contributed by atoms with van der Waals surface area (Å²) in [5, 5.41) is 0.708. The topological polar surface area (TPSA) is 34.4 Å². The van der Waals surface area contributed by atoms with E-state index in [2.05, 4.69) is 36.2 Å². The number of aryl methyl sites for hydroxylation is 3. The van der Waals surface area contributed by atoms with Crippen LogP contribution in [-0.2, 0) is 11.8 Å². The smallest absolute Gasteiger partial charge is 0.249 e. The number of thioether (sulfide) groups is 1. The number of benzene rings is 2. The number of hydrogen-bond acceptors (Lipinski definition) is 3. The van der Waals surface area contributed by atoms with E-state index in [-0.39, 0.29) is 5.91 Å². The van der Waals surface area contributed by atoms with Crippen molar-refractivity contribution in [3.05, 3.63) is 57.3 Å². The molecule has 0 spiro atoms. The zero-order valence-corrected chi connectivity index (χ0v) is 16.8. The Balaban J connectivity index is 1.73. The Labute approximate surface area is 160 Å². The molecule has 0 saturated heterocycles. The highest BCUT2D eigenvalue weighted by atomic mass is 35.5. The normalized spacial score (nSPS) is 12.1. The van der Waals surface area contributed by atoms with Gasteiger partial charge < -0.3 is 4.57 Å². The third kappa shape index (κ3) is 4.35. The van der Waals surface area contributed by atoms with Crippen LogP contribution >= 0.6 is 34.7 Å². The van der Waals surface area contributed by atoms with Crippen molar-refractivity contribution >= 4 is 50.8 Å². The number of fused-ring (bicyclic) bond motifs is 1. The maximum absolute atomic E-state index is 12.2. The third-order valence-corrected chi connectivity index (χ3v) is 6.19. The molecule has 1 aromatic heterocycles. The fraction of sp³-hybridized carbons (Fsp3) is 0.263. The van der Waals surface area contributed by atoms with Crippen LogP contribution in [0.5, 0.6) is 0 Å². The van der Waals surface area contributed by atoms with Gasteiger partial charge >= 0.3 is 0 Å². The van der Waals surface area contributed by atoms with Gasteiger partial charge in [0.2, 0.25) is 5.91 Å². The zero-order chi connectivity index (χ0) is 18.0. The van der Waals surface area contributed by atoms with Gasteiger partial charge in [-0.05, 0) is 43.7 Å². The van der Waals surface area contributed by atoms with Gasteiger partial charge in [-0.2, -0.15) is 4.99 Å². The highest BCUT2D eigenvalue weighted by Gasteiger charge is 2.09. The van der Waals surface area contributed by atoms with Crippen LogP contribution in [0, 0.1) is 13.8 Å². The molecular weight excluding hydrogens is 372 g/mol. The van der Waals surface area contributed by atoms with E-state index >= 15 is 0 Å². The summed E-state index contributed by atoms with van der Waals surface area (Å²) in [7, 11) is 1.94. The maximum atomic E-state index is 12.2. The highest BCUT2D eigenvalue weighted by molar-refractivity contribution is 7.99. The minimum Gasteiger partial charge on any atom is -0.319 e. The Kier molecular flexibility index (Phi) is 5.67. The van der Waals surface area contributed by atoms with Crippen LogP contribution in [-0.4, -0.2) is 16.2 Å². The largest absolute Gasteiger partial charge is 0.319 e. The van der Waals surface area contributed by atoms with E-state index in [4.69, 9.17) is 11.6 Å². The molecule has 0 N–H and O–H groups in total. The lowest BCUT2D eigenvalue weighted by atomic mass is 10.2. The van der Waals surface area contributed by atoms with Crippen LogP contribution in [0.4, 0.5) is 0 Å². The fourth-order valence-corrected chi connectivity index (χ4v) is 4.96. The SMILES string of the molecule is Cc1ccc(SCCC(=O)N=c2sc3cc(Cl)cc(C)c3n2C)cc1. The van der Waals surface area contributed by atoms with E-state index in [1.807, 2.05) is 30.7 Å². The van der Waals surface area contributed by atoms with E-state index < -0.39 is 0 Å². The first-order valence-corrected chi connectivity index (χ1v) is 10.1. The molecule has 3 nitrogen and oxygen atoms in total. The molecule has 0 aliphatic rings. The molecule has 3 rings (SSSR count). The zero-order valence-electron chi connectivity index (χ0n) is 14.4. The van der Waals surface area contributed by atoms with Crippen LogP contribution in [0.2, 0.25) is 5.02 Å². The second-order valence-electron chi connectivity index (χ2n) is 5.93. The Bertz CT molecular complexity index is 987. The third-order valence-electron chi connectivity index (χ3n) is 3.88. The molecule has 25 heavy (non-hydrogen) atoms. The summed E-state index contributed by atoms with van der Waals surface area (Å²) in [6.07, 6.45) is 0.423. The first kappa shape index (κ1) is 18.2. The second-order valence-corrected chi connectivity index (χ2v) is 8.54. The molecule has 1 amide bonds. The van der Waals surface area contributed by atoms with Crippen LogP contribution in [0.3, 0.4) is 0 Å². The number of carbonyl (C=O) groups excluding carboxylic acids is 1. The molecule has 3 aromatic rings. The van der Waals surface area contributed by atoms with Gasteiger partial charge in [0.1, 0.15) is 0 Å². The van der Waals surface area contributed by atoms with Crippen LogP contribution in [0.25, 0.3) is 10.2 Å². The number of hydrogen-bond donors (Lipinski definition) is 0. The molecule has 0 atom stereocenters. The maximum Gasteiger partial charge on any atom is 0.249 e. The molecule has 0 aliphatic carbocycles. The number of carbonyl (C=O) groups is 1. The minimum absolute atomic E-state index is 0.0921. The first-order chi connectivity index (χ1) is 11.9. The first-order valence-electron chi connectivity index (χ1n) is 7.97. The van der Waals surface area contributed by atoms with Gasteiger partial charge in [-0.3, -0.25) is 4.79 Å². The predicted octanol–water partition coefficient (Wildman–Crippen LogP) is 5.12. The van der Waals surface area contributed by atoms with Gasteiger partial charge in [-0.15, -0.1) is 11.8 Å². The predicted molar refractivity (Wildman–Crippen MR) is 108 cm³/mol. The lowest BCUT2D eigenvalue weighted by molar-refractivity contribution is -0.117. The van der Waals surface area contributed by atoms with Crippen molar-refractivity contribution in [1.82, 2.24) is 4.57 Å². The molecule has 1 heterocycles. The van der Waals surface area contributed by atoms with Crippen molar-refractivity contribution in [2.45, 2.75) is 25.2 Å². The summed E-state index contributed by atoms with van der Waals surface area (Å²) in [5.74, 6) is 0.635. The van der Waals surface area contributed by atoms with E-state index in [9.17, 15) is 4.79 Å². The summed E-state index contributed by atoms with van der Waals surface area (Å²) >= 11 is 9.30. The molecule has 2 aromatic carbocycles. The van der Waals surface area contributed by atoms with Crippen molar-refractivity contribution in [2.24, 2.45) is 12.0 Å². The molecule has 0 unspecified atom stereocenters. The molecule has 0 bridgehead atoms. The average Bonchev–Trinajstić information content (AvgIpc) is 2.85. The summed E-state index contributed by atoms with van der Waals surface area (Å²) in [4.78, 5) is 18.4. The Morgan fingerprint density at radius 2 is 1.96 bits per heavy atom. The standard InChI is InChI=1S/C19H19ClN2OS2/c1-12-4-6-15(7-5-12)24-9-8-17(23)21-19-22(3)18-13(2)10-14(20)11-16(18)25-19/h4-7,10-11H,8-9H2,1-3H3. The van der Waals surface area contributed by atoms with Gasteiger partial charge in [-0.1, -0.05) is 40.6 Å².